The van der Waals surface area contributed by atoms with Crippen molar-refractivity contribution in [1.29, 1.82) is 0 Å². The zero-order chi connectivity index (χ0) is 30.5. The Morgan fingerprint density at radius 2 is 0.891 bits per heavy atom. The monoisotopic (exact) mass is 587 g/mol. The standard InChI is InChI=1S/C44H29NO/c1-2-13-38(14-3-1)45(40-23-24-44-42(29-40)41-15-6-7-16-43(41)46-44)39-22-21-31-18-20-36(27-37(31)28-39)34-12-8-11-33(26-34)35-19-17-30-9-4-5-10-32(30)25-35/h1-29H. The molecule has 0 aliphatic heterocycles. The number of anilines is 3. The molecule has 0 aliphatic rings. The molecule has 2 heteroatoms. The van der Waals surface area contributed by atoms with Crippen molar-refractivity contribution in [1.82, 2.24) is 0 Å². The maximum Gasteiger partial charge on any atom is 0.135 e. The first-order valence-electron chi connectivity index (χ1n) is 15.7. The predicted molar refractivity (Wildman–Crippen MR) is 194 cm³/mol. The zero-order valence-corrected chi connectivity index (χ0v) is 25.1. The Morgan fingerprint density at radius 1 is 0.304 bits per heavy atom. The van der Waals surface area contributed by atoms with E-state index < -0.39 is 0 Å². The molecule has 0 amide bonds. The summed E-state index contributed by atoms with van der Waals surface area (Å²) in [6.45, 7) is 0. The van der Waals surface area contributed by atoms with Crippen LogP contribution in [0.2, 0.25) is 0 Å². The van der Waals surface area contributed by atoms with Crippen LogP contribution in [0, 0.1) is 0 Å². The van der Waals surface area contributed by atoms with Crippen molar-refractivity contribution in [3.05, 3.63) is 176 Å². The van der Waals surface area contributed by atoms with Gasteiger partial charge in [-0.05, 0) is 111 Å². The molecule has 2 nitrogen and oxygen atoms in total. The number of rotatable bonds is 5. The number of hydrogen-bond donors (Lipinski definition) is 0. The molecule has 0 bridgehead atoms. The van der Waals surface area contributed by atoms with E-state index in [0.29, 0.717) is 0 Å². The summed E-state index contributed by atoms with van der Waals surface area (Å²) >= 11 is 0. The third-order valence-corrected chi connectivity index (χ3v) is 8.99. The van der Waals surface area contributed by atoms with E-state index >= 15 is 0 Å². The van der Waals surface area contributed by atoms with Crippen LogP contribution in [0.4, 0.5) is 17.1 Å². The van der Waals surface area contributed by atoms with Crippen molar-refractivity contribution in [2.75, 3.05) is 4.90 Å². The van der Waals surface area contributed by atoms with Gasteiger partial charge in [-0.3, -0.25) is 0 Å². The second-order valence-electron chi connectivity index (χ2n) is 11.8. The molecule has 0 unspecified atom stereocenters. The lowest BCUT2D eigenvalue weighted by Crippen LogP contribution is -2.09. The van der Waals surface area contributed by atoms with E-state index in [1.807, 2.05) is 12.1 Å². The third-order valence-electron chi connectivity index (χ3n) is 8.99. The van der Waals surface area contributed by atoms with Crippen molar-refractivity contribution in [2.45, 2.75) is 0 Å². The van der Waals surface area contributed by atoms with Gasteiger partial charge in [0.15, 0.2) is 0 Å². The molecule has 0 radical (unpaired) electrons. The molecule has 0 fully saturated rings. The van der Waals surface area contributed by atoms with Crippen LogP contribution in [0.25, 0.3) is 65.7 Å². The Labute approximate surface area is 267 Å². The fourth-order valence-electron chi connectivity index (χ4n) is 6.68. The maximum absolute atomic E-state index is 6.15. The zero-order valence-electron chi connectivity index (χ0n) is 25.1. The molecule has 1 heterocycles. The Bertz CT molecular complexity index is 2540. The van der Waals surface area contributed by atoms with Crippen LogP contribution in [0.3, 0.4) is 0 Å². The smallest absolute Gasteiger partial charge is 0.135 e. The summed E-state index contributed by atoms with van der Waals surface area (Å²) in [6, 6.07) is 62.9. The molecule has 8 aromatic carbocycles. The van der Waals surface area contributed by atoms with Crippen LogP contribution in [0.5, 0.6) is 0 Å². The lowest BCUT2D eigenvalue weighted by molar-refractivity contribution is 0.669. The number of fused-ring (bicyclic) bond motifs is 5. The molecule has 0 N–H and O–H groups in total. The predicted octanol–water partition coefficient (Wildman–Crippen LogP) is 12.7. The van der Waals surface area contributed by atoms with Crippen molar-refractivity contribution in [2.24, 2.45) is 0 Å². The second-order valence-corrected chi connectivity index (χ2v) is 11.8. The number of hydrogen-bond acceptors (Lipinski definition) is 2. The highest BCUT2D eigenvalue weighted by molar-refractivity contribution is 6.06. The minimum Gasteiger partial charge on any atom is -0.456 e. The first kappa shape index (κ1) is 26.3. The van der Waals surface area contributed by atoms with Gasteiger partial charge >= 0.3 is 0 Å². The van der Waals surface area contributed by atoms with E-state index in [1.165, 1.54) is 43.8 Å². The van der Waals surface area contributed by atoms with E-state index in [9.17, 15) is 0 Å². The molecule has 0 spiro atoms. The van der Waals surface area contributed by atoms with Crippen LogP contribution in [0.1, 0.15) is 0 Å². The fourth-order valence-corrected chi connectivity index (χ4v) is 6.68. The van der Waals surface area contributed by atoms with Crippen LogP contribution in [-0.4, -0.2) is 0 Å². The summed E-state index contributed by atoms with van der Waals surface area (Å²) in [5.74, 6) is 0. The van der Waals surface area contributed by atoms with Gasteiger partial charge in [0, 0.05) is 27.8 Å². The van der Waals surface area contributed by atoms with Gasteiger partial charge in [-0.15, -0.1) is 0 Å². The van der Waals surface area contributed by atoms with Crippen molar-refractivity contribution < 1.29 is 4.42 Å². The first-order chi connectivity index (χ1) is 22.8. The molecule has 0 atom stereocenters. The first-order valence-corrected chi connectivity index (χ1v) is 15.7. The average Bonchev–Trinajstić information content (AvgIpc) is 3.50. The Kier molecular flexibility index (Phi) is 6.17. The van der Waals surface area contributed by atoms with E-state index in [4.69, 9.17) is 4.42 Å². The van der Waals surface area contributed by atoms with Crippen LogP contribution in [-0.2, 0) is 0 Å². The molecule has 216 valence electrons. The molecular weight excluding hydrogens is 558 g/mol. The minimum atomic E-state index is 0.895. The van der Waals surface area contributed by atoms with Crippen molar-refractivity contribution in [3.8, 4) is 22.3 Å². The molecule has 0 saturated heterocycles. The fraction of sp³-hybridized carbons (Fsp3) is 0. The summed E-state index contributed by atoms with van der Waals surface area (Å²) in [5, 5.41) is 7.16. The average molecular weight is 588 g/mol. The van der Waals surface area contributed by atoms with E-state index in [-0.39, 0.29) is 0 Å². The van der Waals surface area contributed by atoms with Gasteiger partial charge in [-0.25, -0.2) is 0 Å². The highest BCUT2D eigenvalue weighted by Crippen LogP contribution is 2.40. The van der Waals surface area contributed by atoms with Gasteiger partial charge in [-0.1, -0.05) is 109 Å². The number of para-hydroxylation sites is 2. The molecule has 1 aromatic heterocycles. The number of benzene rings is 8. The molecule has 0 saturated carbocycles. The Morgan fingerprint density at radius 3 is 1.72 bits per heavy atom. The Balaban J connectivity index is 1.14. The van der Waals surface area contributed by atoms with Crippen LogP contribution in [0.15, 0.2) is 180 Å². The van der Waals surface area contributed by atoms with E-state index in [1.54, 1.807) is 0 Å². The SMILES string of the molecule is c1ccc(N(c2ccc3ccc(-c4cccc(-c5ccc6ccccc6c5)c4)cc3c2)c2ccc3oc4ccccc4c3c2)cc1. The van der Waals surface area contributed by atoms with Gasteiger partial charge < -0.3 is 9.32 Å². The van der Waals surface area contributed by atoms with Gasteiger partial charge in [0.1, 0.15) is 11.2 Å². The largest absolute Gasteiger partial charge is 0.456 e. The summed E-state index contributed by atoms with van der Waals surface area (Å²) in [4.78, 5) is 2.33. The Hall–Kier alpha value is -6.12. The topological polar surface area (TPSA) is 16.4 Å². The molecule has 0 aliphatic carbocycles. The van der Waals surface area contributed by atoms with Gasteiger partial charge in [0.25, 0.3) is 0 Å². The van der Waals surface area contributed by atoms with Crippen molar-refractivity contribution in [3.63, 3.8) is 0 Å². The molecule has 9 aromatic rings. The summed E-state index contributed by atoms with van der Waals surface area (Å²) in [6.07, 6.45) is 0. The van der Waals surface area contributed by atoms with E-state index in [0.717, 1.165) is 39.0 Å². The lowest BCUT2D eigenvalue weighted by atomic mass is 9.96. The molecule has 9 rings (SSSR count). The molecular formula is C44H29NO. The highest BCUT2D eigenvalue weighted by atomic mass is 16.3. The van der Waals surface area contributed by atoms with Gasteiger partial charge in [-0.2, -0.15) is 0 Å². The normalized spacial score (nSPS) is 11.5. The quantitative estimate of drug-likeness (QED) is 0.199. The summed E-state index contributed by atoms with van der Waals surface area (Å²) in [7, 11) is 0. The number of furan rings is 1. The minimum absolute atomic E-state index is 0.895. The lowest BCUT2D eigenvalue weighted by Gasteiger charge is -2.26. The van der Waals surface area contributed by atoms with Gasteiger partial charge in [0.05, 0.1) is 0 Å². The van der Waals surface area contributed by atoms with Crippen molar-refractivity contribution >= 4 is 60.5 Å². The summed E-state index contributed by atoms with van der Waals surface area (Å²) < 4.78 is 6.15. The van der Waals surface area contributed by atoms with E-state index in [2.05, 4.69) is 169 Å². The third kappa shape index (κ3) is 4.60. The maximum atomic E-state index is 6.15. The van der Waals surface area contributed by atoms with Crippen LogP contribution >= 0.6 is 0 Å². The van der Waals surface area contributed by atoms with Crippen LogP contribution < -0.4 is 4.90 Å². The molecule has 46 heavy (non-hydrogen) atoms. The number of nitrogens with zero attached hydrogens (tertiary/aromatic N) is 1. The second kappa shape index (κ2) is 10.8. The highest BCUT2D eigenvalue weighted by Gasteiger charge is 2.16. The van der Waals surface area contributed by atoms with Gasteiger partial charge in [0.2, 0.25) is 0 Å². The summed E-state index contributed by atoms with van der Waals surface area (Å²) in [5.41, 5.74) is 9.94.